The van der Waals surface area contributed by atoms with E-state index in [0.29, 0.717) is 23.4 Å². The van der Waals surface area contributed by atoms with E-state index in [1.54, 1.807) is 24.3 Å². The van der Waals surface area contributed by atoms with Crippen molar-refractivity contribution in [3.63, 3.8) is 0 Å². The van der Waals surface area contributed by atoms with Crippen molar-refractivity contribution >= 4 is 29.4 Å². The zero-order valence-electron chi connectivity index (χ0n) is 16.8. The van der Waals surface area contributed by atoms with Crippen LogP contribution in [0, 0.1) is 0 Å². The summed E-state index contributed by atoms with van der Waals surface area (Å²) in [4.78, 5) is 38.0. The van der Waals surface area contributed by atoms with Crippen molar-refractivity contribution in [3.8, 4) is 0 Å². The Morgan fingerprint density at radius 2 is 1.67 bits per heavy atom. The van der Waals surface area contributed by atoms with Crippen LogP contribution in [-0.2, 0) is 14.3 Å². The number of ether oxygens (including phenoxy) is 1. The van der Waals surface area contributed by atoms with Gasteiger partial charge in [0.1, 0.15) is 5.54 Å². The lowest BCUT2D eigenvalue weighted by Gasteiger charge is -2.28. The summed E-state index contributed by atoms with van der Waals surface area (Å²) in [6.45, 7) is 0. The van der Waals surface area contributed by atoms with E-state index in [4.69, 9.17) is 16.3 Å². The van der Waals surface area contributed by atoms with Gasteiger partial charge in [0.05, 0.1) is 30.2 Å². The summed E-state index contributed by atoms with van der Waals surface area (Å²) in [5.74, 6) is -1.12. The Balaban J connectivity index is 1.78. The van der Waals surface area contributed by atoms with Crippen molar-refractivity contribution in [2.45, 2.75) is 43.7 Å². The lowest BCUT2D eigenvalue weighted by atomic mass is 9.96. The Morgan fingerprint density at radius 1 is 1.03 bits per heavy atom. The van der Waals surface area contributed by atoms with Crippen LogP contribution in [0.3, 0.4) is 0 Å². The molecule has 1 unspecified atom stereocenters. The topological polar surface area (TPSA) is 84.5 Å². The number of carbonyl (C=O) groups excluding carboxylic acids is 3. The molecule has 1 aliphatic carbocycles. The van der Waals surface area contributed by atoms with E-state index in [1.165, 1.54) is 7.11 Å². The molecule has 3 rings (SSSR count). The fourth-order valence-electron chi connectivity index (χ4n) is 3.88. The molecule has 158 valence electrons. The maximum Gasteiger partial charge on any atom is 0.331 e. The summed E-state index contributed by atoms with van der Waals surface area (Å²) in [5.41, 5.74) is 0.133. The Bertz CT molecular complexity index is 910. The van der Waals surface area contributed by atoms with E-state index in [-0.39, 0.29) is 18.2 Å². The molecule has 0 bridgehead atoms. The molecule has 2 aromatic rings. The number of amides is 2. The minimum absolute atomic E-state index is 0.0149. The first-order valence-electron chi connectivity index (χ1n) is 9.95. The molecular weight excluding hydrogens is 404 g/mol. The first kappa shape index (κ1) is 21.8. The van der Waals surface area contributed by atoms with Crippen molar-refractivity contribution in [3.05, 3.63) is 70.7 Å². The maximum absolute atomic E-state index is 12.9. The SMILES string of the molecule is COC(=O)C1(NC(=O)CC(NC(=O)c2ccccc2Cl)c2ccccc2)CCCC1. The maximum atomic E-state index is 12.9. The van der Waals surface area contributed by atoms with Crippen LogP contribution in [0.4, 0.5) is 0 Å². The predicted molar refractivity (Wildman–Crippen MR) is 114 cm³/mol. The van der Waals surface area contributed by atoms with Crippen LogP contribution in [0.2, 0.25) is 5.02 Å². The van der Waals surface area contributed by atoms with Crippen LogP contribution in [0.25, 0.3) is 0 Å². The van der Waals surface area contributed by atoms with Crippen molar-refractivity contribution in [2.75, 3.05) is 7.11 Å². The number of rotatable bonds is 7. The highest BCUT2D eigenvalue weighted by Gasteiger charge is 2.43. The smallest absolute Gasteiger partial charge is 0.331 e. The van der Waals surface area contributed by atoms with Crippen LogP contribution in [0.5, 0.6) is 0 Å². The number of hydrogen-bond acceptors (Lipinski definition) is 4. The summed E-state index contributed by atoms with van der Waals surface area (Å²) in [7, 11) is 1.32. The van der Waals surface area contributed by atoms with Crippen LogP contribution in [0.1, 0.15) is 54.1 Å². The summed E-state index contributed by atoms with van der Waals surface area (Å²) in [6.07, 6.45) is 2.78. The van der Waals surface area contributed by atoms with Gasteiger partial charge in [-0.25, -0.2) is 4.79 Å². The van der Waals surface area contributed by atoms with Crippen LogP contribution < -0.4 is 10.6 Å². The highest BCUT2D eigenvalue weighted by molar-refractivity contribution is 6.33. The molecule has 1 fully saturated rings. The highest BCUT2D eigenvalue weighted by atomic mass is 35.5. The molecule has 7 heteroatoms. The molecule has 0 aromatic heterocycles. The molecule has 0 spiro atoms. The number of esters is 1. The molecule has 6 nitrogen and oxygen atoms in total. The zero-order chi connectivity index (χ0) is 21.6. The van der Waals surface area contributed by atoms with Crippen molar-refractivity contribution in [1.29, 1.82) is 0 Å². The van der Waals surface area contributed by atoms with Crippen molar-refractivity contribution in [2.24, 2.45) is 0 Å². The number of methoxy groups -OCH3 is 1. The van der Waals surface area contributed by atoms with Gasteiger partial charge in [0.15, 0.2) is 0 Å². The molecule has 1 saturated carbocycles. The molecular formula is C23H25ClN2O4. The fourth-order valence-corrected chi connectivity index (χ4v) is 4.10. The van der Waals surface area contributed by atoms with E-state index in [9.17, 15) is 14.4 Å². The predicted octanol–water partition coefficient (Wildman–Crippen LogP) is 3.80. The van der Waals surface area contributed by atoms with Gasteiger partial charge < -0.3 is 15.4 Å². The van der Waals surface area contributed by atoms with E-state index in [0.717, 1.165) is 18.4 Å². The molecule has 2 aromatic carbocycles. The molecule has 0 aliphatic heterocycles. The first-order chi connectivity index (χ1) is 14.4. The van der Waals surface area contributed by atoms with Gasteiger partial charge in [-0.1, -0.05) is 66.9 Å². The number of carbonyl (C=O) groups is 3. The van der Waals surface area contributed by atoms with E-state index >= 15 is 0 Å². The number of halogens is 1. The van der Waals surface area contributed by atoms with Gasteiger partial charge in [-0.05, 0) is 30.5 Å². The molecule has 1 atom stereocenters. The van der Waals surface area contributed by atoms with Gasteiger partial charge in [0.2, 0.25) is 5.91 Å². The van der Waals surface area contributed by atoms with Gasteiger partial charge >= 0.3 is 5.97 Å². The van der Waals surface area contributed by atoms with E-state index in [1.807, 2.05) is 30.3 Å². The summed E-state index contributed by atoms with van der Waals surface area (Å²) in [5, 5.41) is 6.11. The zero-order valence-corrected chi connectivity index (χ0v) is 17.6. The highest BCUT2D eigenvalue weighted by Crippen LogP contribution is 2.31. The molecule has 0 heterocycles. The third-order valence-corrected chi connectivity index (χ3v) is 5.76. The van der Waals surface area contributed by atoms with Gasteiger partial charge in [-0.2, -0.15) is 0 Å². The lowest BCUT2D eigenvalue weighted by molar-refractivity contribution is -0.150. The standard InChI is InChI=1S/C23H25ClN2O4/c1-30-22(29)23(13-7-8-14-23)26-20(27)15-19(16-9-3-2-4-10-16)25-21(28)17-11-5-6-12-18(17)24/h2-6,9-12,19H,7-8,13-15H2,1H3,(H,25,28)(H,26,27). The molecule has 0 saturated heterocycles. The largest absolute Gasteiger partial charge is 0.467 e. The third kappa shape index (κ3) is 5.00. The summed E-state index contributed by atoms with van der Waals surface area (Å²) < 4.78 is 4.93. The quantitative estimate of drug-likeness (QED) is 0.657. The Labute approximate surface area is 180 Å². The van der Waals surface area contributed by atoms with Gasteiger partial charge in [0.25, 0.3) is 5.91 Å². The number of benzene rings is 2. The molecule has 2 amide bonds. The minimum Gasteiger partial charge on any atom is -0.467 e. The average Bonchev–Trinajstić information content (AvgIpc) is 3.23. The Kier molecular flexibility index (Phi) is 7.11. The van der Waals surface area contributed by atoms with Gasteiger partial charge in [-0.3, -0.25) is 9.59 Å². The van der Waals surface area contributed by atoms with Crippen LogP contribution >= 0.6 is 11.6 Å². The van der Waals surface area contributed by atoms with Crippen LogP contribution in [-0.4, -0.2) is 30.4 Å². The number of hydrogen-bond donors (Lipinski definition) is 2. The Morgan fingerprint density at radius 3 is 2.30 bits per heavy atom. The third-order valence-electron chi connectivity index (χ3n) is 5.43. The van der Waals surface area contributed by atoms with Crippen molar-refractivity contribution < 1.29 is 19.1 Å². The van der Waals surface area contributed by atoms with Crippen molar-refractivity contribution in [1.82, 2.24) is 10.6 Å². The van der Waals surface area contributed by atoms with Gasteiger partial charge in [0, 0.05) is 0 Å². The van der Waals surface area contributed by atoms with Crippen LogP contribution in [0.15, 0.2) is 54.6 Å². The summed E-state index contributed by atoms with van der Waals surface area (Å²) >= 11 is 6.15. The van der Waals surface area contributed by atoms with E-state index in [2.05, 4.69) is 10.6 Å². The summed E-state index contributed by atoms with van der Waals surface area (Å²) in [6, 6.07) is 15.4. The normalized spacial score (nSPS) is 15.8. The molecule has 0 radical (unpaired) electrons. The lowest BCUT2D eigenvalue weighted by Crippen LogP contribution is -2.53. The minimum atomic E-state index is -0.986. The molecule has 2 N–H and O–H groups in total. The fraction of sp³-hybridized carbons (Fsp3) is 0.348. The average molecular weight is 429 g/mol. The first-order valence-corrected chi connectivity index (χ1v) is 10.3. The molecule has 1 aliphatic rings. The second-order valence-corrected chi connectivity index (χ2v) is 7.86. The second kappa shape index (κ2) is 9.76. The molecule has 30 heavy (non-hydrogen) atoms. The van der Waals surface area contributed by atoms with E-state index < -0.39 is 17.6 Å². The Hall–Kier alpha value is -2.86. The second-order valence-electron chi connectivity index (χ2n) is 7.45. The number of nitrogens with one attached hydrogen (secondary N) is 2. The monoisotopic (exact) mass is 428 g/mol. The van der Waals surface area contributed by atoms with Gasteiger partial charge in [-0.15, -0.1) is 0 Å².